The van der Waals surface area contributed by atoms with Crippen LogP contribution in [0.1, 0.15) is 0 Å². The van der Waals surface area contributed by atoms with Gasteiger partial charge in [0.15, 0.2) is 17.5 Å². The number of aromatic nitrogens is 4. The number of hydrogen-bond donors (Lipinski definition) is 0. The first-order chi connectivity index (χ1) is 23.3. The van der Waals surface area contributed by atoms with Gasteiger partial charge in [-0.15, -0.1) is 0 Å². The van der Waals surface area contributed by atoms with Gasteiger partial charge in [0.2, 0.25) is 0 Å². The summed E-state index contributed by atoms with van der Waals surface area (Å²) < 4.78 is 2.41. The van der Waals surface area contributed by atoms with Crippen LogP contribution in [0.15, 0.2) is 170 Å². The van der Waals surface area contributed by atoms with E-state index in [1.807, 2.05) is 60.7 Å². The van der Waals surface area contributed by atoms with Gasteiger partial charge in [0, 0.05) is 38.5 Å². The first kappa shape index (κ1) is 27.0. The van der Waals surface area contributed by atoms with Crippen molar-refractivity contribution in [3.05, 3.63) is 170 Å². The fourth-order valence-electron chi connectivity index (χ4n) is 6.68. The number of para-hydroxylation sites is 1. The van der Waals surface area contributed by atoms with Gasteiger partial charge in [0.1, 0.15) is 0 Å². The summed E-state index contributed by atoms with van der Waals surface area (Å²) >= 11 is 0. The monoisotopic (exact) mass is 600 g/mol. The van der Waals surface area contributed by atoms with E-state index in [1.54, 1.807) is 0 Å². The van der Waals surface area contributed by atoms with E-state index in [2.05, 4.69) is 114 Å². The van der Waals surface area contributed by atoms with Crippen LogP contribution in [0.3, 0.4) is 0 Å². The minimum atomic E-state index is 0.643. The van der Waals surface area contributed by atoms with Crippen LogP contribution in [-0.2, 0) is 0 Å². The number of nitrogens with zero attached hydrogens (tertiary/aromatic N) is 4. The first-order valence-electron chi connectivity index (χ1n) is 15.8. The predicted molar refractivity (Wildman–Crippen MR) is 193 cm³/mol. The van der Waals surface area contributed by atoms with Crippen molar-refractivity contribution in [2.75, 3.05) is 0 Å². The lowest BCUT2D eigenvalue weighted by Gasteiger charge is -2.11. The Morgan fingerprint density at radius 1 is 0.383 bits per heavy atom. The van der Waals surface area contributed by atoms with Crippen LogP contribution in [-0.4, -0.2) is 19.5 Å². The van der Waals surface area contributed by atoms with Crippen LogP contribution < -0.4 is 0 Å². The molecule has 4 heteroatoms. The zero-order valence-corrected chi connectivity index (χ0v) is 25.5. The normalized spacial score (nSPS) is 11.4. The molecule has 0 bridgehead atoms. The molecule has 0 saturated heterocycles. The molecule has 0 fully saturated rings. The third-order valence-corrected chi connectivity index (χ3v) is 8.82. The SMILES string of the molecule is c1ccc(-c2nc(-c3ccccc3)nc(-c3cccc(-c4cccc5c4c4ccc6ccccc6c4n5-c4ccccc4)c3)n2)cc1. The average Bonchev–Trinajstić information content (AvgIpc) is 3.51. The third-order valence-electron chi connectivity index (χ3n) is 8.82. The quantitative estimate of drug-likeness (QED) is 0.197. The molecule has 47 heavy (non-hydrogen) atoms. The highest BCUT2D eigenvalue weighted by atomic mass is 15.0. The molecule has 0 unspecified atom stereocenters. The van der Waals surface area contributed by atoms with Crippen molar-refractivity contribution in [2.24, 2.45) is 0 Å². The Morgan fingerprint density at radius 3 is 1.64 bits per heavy atom. The highest BCUT2D eigenvalue weighted by Crippen LogP contribution is 2.41. The summed E-state index contributed by atoms with van der Waals surface area (Å²) in [6.45, 7) is 0. The number of benzene rings is 7. The molecule has 0 radical (unpaired) electrons. The van der Waals surface area contributed by atoms with Crippen LogP contribution in [0.25, 0.3) is 83.6 Å². The smallest absolute Gasteiger partial charge is 0.164 e. The summed E-state index contributed by atoms with van der Waals surface area (Å²) in [5.41, 5.74) is 8.64. The molecular weight excluding hydrogens is 573 g/mol. The number of fused-ring (bicyclic) bond motifs is 5. The highest BCUT2D eigenvalue weighted by Gasteiger charge is 2.19. The molecule has 0 aliphatic carbocycles. The Labute approximate surface area is 272 Å². The Bertz CT molecular complexity index is 2500. The topological polar surface area (TPSA) is 43.6 Å². The minimum absolute atomic E-state index is 0.643. The fraction of sp³-hybridized carbons (Fsp3) is 0. The van der Waals surface area contributed by atoms with Crippen LogP contribution in [0.5, 0.6) is 0 Å². The van der Waals surface area contributed by atoms with E-state index in [0.29, 0.717) is 17.5 Å². The maximum Gasteiger partial charge on any atom is 0.164 e. The van der Waals surface area contributed by atoms with Gasteiger partial charge in [-0.1, -0.05) is 146 Å². The third kappa shape index (κ3) is 4.66. The van der Waals surface area contributed by atoms with E-state index >= 15 is 0 Å². The summed E-state index contributed by atoms with van der Waals surface area (Å²) in [6.07, 6.45) is 0. The Kier molecular flexibility index (Phi) is 6.43. The standard InChI is InChI=1S/C43H28N4/c1-4-15-30(16-5-1)41-44-42(31-17-6-2-7-18-31)46-43(45-41)33-20-12-19-32(28-33)35-24-13-25-38-39(35)37-27-26-29-14-10-11-23-36(29)40(37)47(38)34-21-8-3-9-22-34/h1-28H. The molecule has 4 nitrogen and oxygen atoms in total. The van der Waals surface area contributed by atoms with Crippen molar-refractivity contribution in [3.8, 4) is 51.0 Å². The molecule has 0 saturated carbocycles. The number of rotatable bonds is 5. The fourth-order valence-corrected chi connectivity index (χ4v) is 6.68. The van der Waals surface area contributed by atoms with Gasteiger partial charge in [-0.3, -0.25) is 0 Å². The van der Waals surface area contributed by atoms with E-state index in [9.17, 15) is 0 Å². The van der Waals surface area contributed by atoms with Gasteiger partial charge < -0.3 is 4.57 Å². The second kappa shape index (κ2) is 11.2. The zero-order chi connectivity index (χ0) is 31.2. The zero-order valence-electron chi connectivity index (χ0n) is 25.5. The largest absolute Gasteiger partial charge is 0.309 e. The van der Waals surface area contributed by atoms with Crippen LogP contribution in [0, 0.1) is 0 Å². The molecule has 0 aliphatic heterocycles. The summed E-state index contributed by atoms with van der Waals surface area (Å²) in [7, 11) is 0. The minimum Gasteiger partial charge on any atom is -0.309 e. The van der Waals surface area contributed by atoms with Crippen molar-refractivity contribution in [3.63, 3.8) is 0 Å². The van der Waals surface area contributed by atoms with Gasteiger partial charge in [-0.05, 0) is 40.8 Å². The van der Waals surface area contributed by atoms with Crippen molar-refractivity contribution in [1.82, 2.24) is 19.5 Å². The summed E-state index contributed by atoms with van der Waals surface area (Å²) in [4.78, 5) is 14.9. The molecular formula is C43H28N4. The first-order valence-corrected chi connectivity index (χ1v) is 15.8. The van der Waals surface area contributed by atoms with Crippen LogP contribution in [0.2, 0.25) is 0 Å². The molecule has 0 N–H and O–H groups in total. The van der Waals surface area contributed by atoms with Crippen molar-refractivity contribution in [1.29, 1.82) is 0 Å². The average molecular weight is 601 g/mol. The van der Waals surface area contributed by atoms with Crippen LogP contribution >= 0.6 is 0 Å². The predicted octanol–water partition coefficient (Wildman–Crippen LogP) is 10.8. The lowest BCUT2D eigenvalue weighted by atomic mass is 9.97. The molecule has 9 aromatic rings. The maximum atomic E-state index is 5.00. The van der Waals surface area contributed by atoms with Gasteiger partial charge >= 0.3 is 0 Å². The molecule has 0 spiro atoms. The van der Waals surface area contributed by atoms with E-state index in [-0.39, 0.29) is 0 Å². The summed E-state index contributed by atoms with van der Waals surface area (Å²) in [5, 5.41) is 4.90. The maximum absolute atomic E-state index is 5.00. The van der Waals surface area contributed by atoms with E-state index in [4.69, 9.17) is 15.0 Å². The van der Waals surface area contributed by atoms with Gasteiger partial charge in [0.05, 0.1) is 11.0 Å². The molecule has 220 valence electrons. The Hall–Kier alpha value is -6.39. The van der Waals surface area contributed by atoms with Crippen LogP contribution in [0.4, 0.5) is 0 Å². The lowest BCUT2D eigenvalue weighted by molar-refractivity contribution is 1.07. The van der Waals surface area contributed by atoms with Crippen molar-refractivity contribution in [2.45, 2.75) is 0 Å². The molecule has 2 aromatic heterocycles. The van der Waals surface area contributed by atoms with Gasteiger partial charge in [-0.25, -0.2) is 15.0 Å². The molecule has 7 aromatic carbocycles. The van der Waals surface area contributed by atoms with E-state index in [1.165, 1.54) is 38.1 Å². The van der Waals surface area contributed by atoms with Crippen molar-refractivity contribution < 1.29 is 0 Å². The molecule has 0 atom stereocenters. The Morgan fingerprint density at radius 2 is 0.936 bits per heavy atom. The molecule has 0 amide bonds. The van der Waals surface area contributed by atoms with E-state index in [0.717, 1.165) is 27.9 Å². The van der Waals surface area contributed by atoms with Crippen molar-refractivity contribution >= 4 is 32.6 Å². The van der Waals surface area contributed by atoms with E-state index < -0.39 is 0 Å². The highest BCUT2D eigenvalue weighted by molar-refractivity contribution is 6.22. The van der Waals surface area contributed by atoms with Gasteiger partial charge in [-0.2, -0.15) is 0 Å². The summed E-state index contributed by atoms with van der Waals surface area (Å²) in [5.74, 6) is 1.95. The lowest BCUT2D eigenvalue weighted by Crippen LogP contribution is -2.00. The second-order valence-corrected chi connectivity index (χ2v) is 11.7. The molecule has 9 rings (SSSR count). The summed E-state index contributed by atoms with van der Waals surface area (Å²) in [6, 6.07) is 59.2. The van der Waals surface area contributed by atoms with Gasteiger partial charge in [0.25, 0.3) is 0 Å². The molecule has 0 aliphatic rings. The Balaban J connectivity index is 1.28. The second-order valence-electron chi connectivity index (χ2n) is 11.7. The number of hydrogen-bond acceptors (Lipinski definition) is 3. The molecule has 2 heterocycles.